The highest BCUT2D eigenvalue weighted by Crippen LogP contribution is 2.40. The fourth-order valence-electron chi connectivity index (χ4n) is 3.35. The molecule has 1 fully saturated rings. The first-order chi connectivity index (χ1) is 17.0. The monoisotopic (exact) mass is 552 g/mol. The lowest BCUT2D eigenvalue weighted by Crippen LogP contribution is -2.27. The summed E-state index contributed by atoms with van der Waals surface area (Å²) in [5.41, 5.74) is 1.83. The highest BCUT2D eigenvalue weighted by atomic mass is 79.9. The number of carbonyl (C=O) groups is 3. The molecule has 3 amide bonds. The third-order valence-electron chi connectivity index (χ3n) is 4.84. The molecule has 1 aliphatic rings. The third kappa shape index (κ3) is 5.93. The van der Waals surface area contributed by atoms with Crippen molar-refractivity contribution in [3.63, 3.8) is 0 Å². The van der Waals surface area contributed by atoms with Crippen molar-refractivity contribution in [2.45, 2.75) is 6.92 Å². The normalized spacial score (nSPS) is 14.3. The van der Waals surface area contributed by atoms with Crippen LogP contribution < -0.4 is 19.7 Å². The zero-order valence-electron chi connectivity index (χ0n) is 18.7. The van der Waals surface area contributed by atoms with Crippen molar-refractivity contribution >= 4 is 62.2 Å². The third-order valence-corrected chi connectivity index (χ3v) is 6.30. The Morgan fingerprint density at radius 3 is 2.40 bits per heavy atom. The van der Waals surface area contributed by atoms with E-state index < -0.39 is 5.91 Å². The molecule has 0 unspecified atom stereocenters. The number of amides is 3. The molecule has 3 aromatic rings. The molecule has 0 atom stereocenters. The molecule has 0 saturated carbocycles. The minimum atomic E-state index is -0.391. The van der Waals surface area contributed by atoms with E-state index in [1.807, 2.05) is 31.2 Å². The maximum Gasteiger partial charge on any atom is 0.298 e. The molecule has 178 valence electrons. The minimum absolute atomic E-state index is 0.219. The SMILES string of the molecule is CCOc1cc(/C=C2/SC(=O)N(c3ccccc3)C2=O)cc(Br)c1OCC(=O)Nc1ccccc1. The maximum atomic E-state index is 12.9. The van der Waals surface area contributed by atoms with Crippen LogP contribution in [0, 0.1) is 0 Å². The molecule has 9 heteroatoms. The topological polar surface area (TPSA) is 84.9 Å². The number of benzene rings is 3. The van der Waals surface area contributed by atoms with Gasteiger partial charge in [-0.25, -0.2) is 4.90 Å². The number of imide groups is 1. The summed E-state index contributed by atoms with van der Waals surface area (Å²) in [6.45, 7) is 1.98. The van der Waals surface area contributed by atoms with Crippen molar-refractivity contribution in [2.75, 3.05) is 23.4 Å². The van der Waals surface area contributed by atoms with Gasteiger partial charge in [-0.1, -0.05) is 36.4 Å². The number of hydrogen-bond acceptors (Lipinski definition) is 6. The van der Waals surface area contributed by atoms with E-state index in [9.17, 15) is 14.4 Å². The lowest BCUT2D eigenvalue weighted by Gasteiger charge is -2.15. The average Bonchev–Trinajstić information content (AvgIpc) is 3.12. The second kappa shape index (κ2) is 11.2. The number of rotatable bonds is 8. The Kier molecular flexibility index (Phi) is 7.89. The molecule has 4 rings (SSSR count). The van der Waals surface area contributed by atoms with Gasteiger partial charge in [-0.2, -0.15) is 0 Å². The fraction of sp³-hybridized carbons (Fsp3) is 0.115. The predicted molar refractivity (Wildman–Crippen MR) is 141 cm³/mol. The van der Waals surface area contributed by atoms with Gasteiger partial charge in [-0.15, -0.1) is 0 Å². The second-order valence-electron chi connectivity index (χ2n) is 7.32. The van der Waals surface area contributed by atoms with Gasteiger partial charge in [0.05, 0.1) is 21.7 Å². The first-order valence-corrected chi connectivity index (χ1v) is 12.3. The van der Waals surface area contributed by atoms with E-state index in [4.69, 9.17) is 9.47 Å². The molecule has 3 aromatic carbocycles. The van der Waals surface area contributed by atoms with Gasteiger partial charge in [0.15, 0.2) is 18.1 Å². The summed E-state index contributed by atoms with van der Waals surface area (Å²) >= 11 is 4.35. The number of para-hydroxylation sites is 2. The molecule has 0 aromatic heterocycles. The van der Waals surface area contributed by atoms with Gasteiger partial charge in [-0.3, -0.25) is 14.4 Å². The molecule has 0 radical (unpaired) electrons. The van der Waals surface area contributed by atoms with Gasteiger partial charge in [0.2, 0.25) is 0 Å². The molecular weight excluding hydrogens is 532 g/mol. The Bertz CT molecular complexity index is 1280. The van der Waals surface area contributed by atoms with Crippen LogP contribution in [0.25, 0.3) is 6.08 Å². The Labute approximate surface area is 215 Å². The van der Waals surface area contributed by atoms with Gasteiger partial charge in [-0.05, 0) is 82.7 Å². The summed E-state index contributed by atoms with van der Waals surface area (Å²) in [5.74, 6) is 0.0647. The van der Waals surface area contributed by atoms with Crippen molar-refractivity contribution < 1.29 is 23.9 Å². The van der Waals surface area contributed by atoms with E-state index in [1.165, 1.54) is 0 Å². The summed E-state index contributed by atoms with van der Waals surface area (Å²) < 4.78 is 12.0. The lowest BCUT2D eigenvalue weighted by molar-refractivity contribution is -0.118. The van der Waals surface area contributed by atoms with E-state index >= 15 is 0 Å². The first-order valence-electron chi connectivity index (χ1n) is 10.7. The van der Waals surface area contributed by atoms with Crippen LogP contribution in [0.1, 0.15) is 12.5 Å². The highest BCUT2D eigenvalue weighted by Gasteiger charge is 2.36. The molecule has 1 N–H and O–H groups in total. The molecule has 0 spiro atoms. The second-order valence-corrected chi connectivity index (χ2v) is 9.17. The fourth-order valence-corrected chi connectivity index (χ4v) is 4.76. The van der Waals surface area contributed by atoms with Crippen LogP contribution in [0.15, 0.2) is 82.2 Å². The average molecular weight is 553 g/mol. The zero-order chi connectivity index (χ0) is 24.8. The number of carbonyl (C=O) groups excluding carboxylic acids is 3. The molecule has 1 saturated heterocycles. The number of thioether (sulfide) groups is 1. The van der Waals surface area contributed by atoms with Crippen molar-refractivity contribution in [3.05, 3.63) is 87.7 Å². The Hall–Kier alpha value is -3.56. The van der Waals surface area contributed by atoms with Crippen LogP contribution in [0.4, 0.5) is 16.2 Å². The number of hydrogen-bond donors (Lipinski definition) is 1. The smallest absolute Gasteiger partial charge is 0.298 e. The molecule has 1 aliphatic heterocycles. The van der Waals surface area contributed by atoms with E-state index in [-0.39, 0.29) is 17.8 Å². The predicted octanol–water partition coefficient (Wildman–Crippen LogP) is 6.11. The van der Waals surface area contributed by atoms with Crippen molar-refractivity contribution in [1.82, 2.24) is 0 Å². The largest absolute Gasteiger partial charge is 0.490 e. The van der Waals surface area contributed by atoms with Crippen LogP contribution in [-0.4, -0.2) is 30.3 Å². The molecular formula is C26H21BrN2O5S. The van der Waals surface area contributed by atoms with E-state index in [2.05, 4.69) is 21.2 Å². The summed E-state index contributed by atoms with van der Waals surface area (Å²) in [6.07, 6.45) is 1.63. The molecule has 0 bridgehead atoms. The van der Waals surface area contributed by atoms with Gasteiger partial charge >= 0.3 is 0 Å². The van der Waals surface area contributed by atoms with Crippen LogP contribution in [-0.2, 0) is 9.59 Å². The Morgan fingerprint density at radius 1 is 1.03 bits per heavy atom. The summed E-state index contributed by atoms with van der Waals surface area (Å²) in [4.78, 5) is 39.2. The van der Waals surface area contributed by atoms with Gasteiger partial charge in [0, 0.05) is 5.69 Å². The van der Waals surface area contributed by atoms with Crippen LogP contribution in [0.5, 0.6) is 11.5 Å². The van der Waals surface area contributed by atoms with Crippen molar-refractivity contribution in [3.8, 4) is 11.5 Å². The van der Waals surface area contributed by atoms with E-state index in [1.54, 1.807) is 54.6 Å². The van der Waals surface area contributed by atoms with Gasteiger partial charge in [0.1, 0.15) is 0 Å². The van der Waals surface area contributed by atoms with Crippen molar-refractivity contribution in [2.24, 2.45) is 0 Å². The quantitative estimate of drug-likeness (QED) is 0.339. The number of nitrogens with zero attached hydrogens (tertiary/aromatic N) is 1. The van der Waals surface area contributed by atoms with Crippen molar-refractivity contribution in [1.29, 1.82) is 0 Å². The number of nitrogens with one attached hydrogen (secondary N) is 1. The Balaban J connectivity index is 1.53. The highest BCUT2D eigenvalue weighted by molar-refractivity contribution is 9.10. The van der Waals surface area contributed by atoms with Crippen LogP contribution in [0.2, 0.25) is 0 Å². The number of anilines is 2. The van der Waals surface area contributed by atoms with E-state index in [0.717, 1.165) is 16.7 Å². The molecule has 7 nitrogen and oxygen atoms in total. The van der Waals surface area contributed by atoms with Gasteiger partial charge < -0.3 is 14.8 Å². The summed E-state index contributed by atoms with van der Waals surface area (Å²) in [7, 11) is 0. The number of ether oxygens (including phenoxy) is 2. The standard InChI is InChI=1S/C26H21BrN2O5S/c1-2-33-21-14-17(15-22-25(31)29(26(32)35-22)19-11-7-4-8-12-19)13-20(27)24(21)34-16-23(30)28-18-9-5-3-6-10-18/h3-15H,2,16H2,1H3,(H,28,30)/b22-15+. The maximum absolute atomic E-state index is 12.9. The van der Waals surface area contributed by atoms with Crippen LogP contribution >= 0.6 is 27.7 Å². The minimum Gasteiger partial charge on any atom is -0.490 e. The lowest BCUT2D eigenvalue weighted by atomic mass is 10.1. The summed E-state index contributed by atoms with van der Waals surface area (Å²) in [6, 6.07) is 21.3. The Morgan fingerprint density at radius 2 is 1.71 bits per heavy atom. The van der Waals surface area contributed by atoms with Crippen LogP contribution in [0.3, 0.4) is 0 Å². The first kappa shape index (κ1) is 24.6. The molecule has 35 heavy (non-hydrogen) atoms. The number of halogens is 1. The zero-order valence-corrected chi connectivity index (χ0v) is 21.1. The molecule has 1 heterocycles. The molecule has 0 aliphatic carbocycles. The van der Waals surface area contributed by atoms with E-state index in [0.29, 0.717) is 44.4 Å². The van der Waals surface area contributed by atoms with Gasteiger partial charge in [0.25, 0.3) is 17.1 Å². The summed E-state index contributed by atoms with van der Waals surface area (Å²) in [5, 5.41) is 2.40.